The Morgan fingerprint density at radius 3 is 2.24 bits per heavy atom. The number of carbonyl (C=O) groups is 3. The molecule has 2 aliphatic rings. The Labute approximate surface area is 198 Å². The van der Waals surface area contributed by atoms with Gasteiger partial charge in [-0.25, -0.2) is 4.79 Å². The topological polar surface area (TPSA) is 96.4 Å². The Hall–Kier alpha value is -3.49. The van der Waals surface area contributed by atoms with E-state index in [1.54, 1.807) is 36.4 Å². The van der Waals surface area contributed by atoms with Crippen LogP contribution in [0, 0.1) is 6.92 Å². The fraction of sp³-hybridized carbons (Fsp3) is 0.346. The molecule has 2 aliphatic heterocycles. The summed E-state index contributed by atoms with van der Waals surface area (Å²) in [5, 5.41) is 11.1. The van der Waals surface area contributed by atoms with Crippen LogP contribution < -0.4 is 0 Å². The number of morpholine rings is 1. The van der Waals surface area contributed by atoms with Crippen molar-refractivity contribution in [1.29, 1.82) is 0 Å². The van der Waals surface area contributed by atoms with Gasteiger partial charge in [-0.3, -0.25) is 14.5 Å². The average Bonchev–Trinajstić information content (AvgIpc) is 3.12. The van der Waals surface area contributed by atoms with Crippen molar-refractivity contribution < 1.29 is 29.0 Å². The molecule has 8 heteroatoms. The zero-order chi connectivity index (χ0) is 24.2. The molecule has 4 rings (SSSR count). The smallest absolute Gasteiger partial charge is 0.337 e. The fourth-order valence-corrected chi connectivity index (χ4v) is 4.32. The minimum absolute atomic E-state index is 0.0432. The molecule has 34 heavy (non-hydrogen) atoms. The van der Waals surface area contributed by atoms with Gasteiger partial charge in [0.05, 0.1) is 37.5 Å². The fourth-order valence-electron chi connectivity index (χ4n) is 4.32. The number of aliphatic hydroxyl groups excluding tert-OH is 1. The molecule has 0 aromatic heterocycles. The second-order valence-electron chi connectivity index (χ2n) is 8.43. The van der Waals surface area contributed by atoms with E-state index in [9.17, 15) is 19.5 Å². The Balaban J connectivity index is 1.73. The largest absolute Gasteiger partial charge is 0.507 e. The first kappa shape index (κ1) is 23.7. The van der Waals surface area contributed by atoms with Crippen LogP contribution in [0.2, 0.25) is 0 Å². The molecular weight excluding hydrogens is 436 g/mol. The van der Waals surface area contributed by atoms with E-state index in [2.05, 4.69) is 4.90 Å². The highest BCUT2D eigenvalue weighted by Crippen LogP contribution is 2.39. The van der Waals surface area contributed by atoms with Crippen molar-refractivity contribution in [3.63, 3.8) is 0 Å². The van der Waals surface area contributed by atoms with Gasteiger partial charge < -0.3 is 19.5 Å². The van der Waals surface area contributed by atoms with E-state index in [4.69, 9.17) is 9.47 Å². The van der Waals surface area contributed by atoms with Gasteiger partial charge in [-0.2, -0.15) is 0 Å². The van der Waals surface area contributed by atoms with Crippen molar-refractivity contribution >= 4 is 23.4 Å². The third-order valence-electron chi connectivity index (χ3n) is 6.27. The van der Waals surface area contributed by atoms with Crippen molar-refractivity contribution in [2.75, 3.05) is 46.5 Å². The predicted octanol–water partition coefficient (Wildman–Crippen LogP) is 2.54. The number of methoxy groups -OCH3 is 1. The number of hydrogen-bond donors (Lipinski definition) is 1. The van der Waals surface area contributed by atoms with Crippen LogP contribution in [0.3, 0.4) is 0 Å². The van der Waals surface area contributed by atoms with Gasteiger partial charge in [0.15, 0.2) is 0 Å². The summed E-state index contributed by atoms with van der Waals surface area (Å²) < 4.78 is 10.2. The van der Waals surface area contributed by atoms with Crippen LogP contribution in [-0.2, 0) is 19.1 Å². The average molecular weight is 465 g/mol. The van der Waals surface area contributed by atoms with E-state index in [-0.39, 0.29) is 11.3 Å². The number of amides is 1. The molecule has 8 nitrogen and oxygen atoms in total. The van der Waals surface area contributed by atoms with Crippen molar-refractivity contribution in [2.45, 2.75) is 13.0 Å². The zero-order valence-electron chi connectivity index (χ0n) is 19.3. The van der Waals surface area contributed by atoms with E-state index < -0.39 is 23.7 Å². The monoisotopic (exact) mass is 464 g/mol. The van der Waals surface area contributed by atoms with Gasteiger partial charge in [-0.1, -0.05) is 42.0 Å². The third kappa shape index (κ3) is 4.73. The van der Waals surface area contributed by atoms with Gasteiger partial charge in [-0.05, 0) is 24.6 Å². The summed E-state index contributed by atoms with van der Waals surface area (Å²) in [7, 11) is 1.30. The SMILES string of the molecule is COC(=O)c1ccc(C2/C(=C(/O)c3ccc(C)cc3)C(=O)C(=O)N2CCN2CCOCC2)cc1. The van der Waals surface area contributed by atoms with Gasteiger partial charge in [0.1, 0.15) is 5.76 Å². The Morgan fingerprint density at radius 1 is 1.00 bits per heavy atom. The first-order valence-corrected chi connectivity index (χ1v) is 11.2. The van der Waals surface area contributed by atoms with Crippen LogP contribution in [0.1, 0.15) is 33.1 Å². The number of nitrogens with zero attached hydrogens (tertiary/aromatic N) is 2. The highest BCUT2D eigenvalue weighted by atomic mass is 16.5. The second kappa shape index (κ2) is 10.2. The van der Waals surface area contributed by atoms with Crippen LogP contribution in [0.25, 0.3) is 5.76 Å². The third-order valence-corrected chi connectivity index (χ3v) is 6.27. The summed E-state index contributed by atoms with van der Waals surface area (Å²) in [6.07, 6.45) is 0. The molecule has 2 aromatic rings. The van der Waals surface area contributed by atoms with Gasteiger partial charge in [0, 0.05) is 31.7 Å². The first-order chi connectivity index (χ1) is 16.4. The Kier molecular flexibility index (Phi) is 7.09. The summed E-state index contributed by atoms with van der Waals surface area (Å²) in [6, 6.07) is 12.9. The predicted molar refractivity (Wildman–Crippen MR) is 125 cm³/mol. The number of esters is 1. The van der Waals surface area contributed by atoms with Crippen LogP contribution in [-0.4, -0.2) is 79.1 Å². The number of aryl methyl sites for hydroxylation is 1. The molecule has 0 radical (unpaired) electrons. The van der Waals surface area contributed by atoms with Gasteiger partial charge >= 0.3 is 5.97 Å². The lowest BCUT2D eigenvalue weighted by molar-refractivity contribution is -0.140. The second-order valence-corrected chi connectivity index (χ2v) is 8.43. The maximum Gasteiger partial charge on any atom is 0.337 e. The Bertz CT molecular complexity index is 1100. The number of carbonyl (C=O) groups excluding carboxylic acids is 3. The lowest BCUT2D eigenvalue weighted by Gasteiger charge is -2.31. The number of Topliss-reactive ketones (excluding diaryl/α,β-unsaturated/α-hetero) is 1. The zero-order valence-corrected chi connectivity index (χ0v) is 19.3. The summed E-state index contributed by atoms with van der Waals surface area (Å²) in [4.78, 5) is 41.8. The number of aliphatic hydroxyl groups is 1. The van der Waals surface area contributed by atoms with Crippen LogP contribution >= 0.6 is 0 Å². The lowest BCUT2D eigenvalue weighted by Crippen LogP contribution is -2.42. The van der Waals surface area contributed by atoms with E-state index in [0.717, 1.165) is 18.7 Å². The minimum Gasteiger partial charge on any atom is -0.507 e. The van der Waals surface area contributed by atoms with Crippen molar-refractivity contribution in [2.24, 2.45) is 0 Å². The van der Waals surface area contributed by atoms with E-state index in [1.807, 2.05) is 19.1 Å². The Morgan fingerprint density at radius 2 is 1.62 bits per heavy atom. The highest BCUT2D eigenvalue weighted by molar-refractivity contribution is 6.46. The van der Waals surface area contributed by atoms with E-state index >= 15 is 0 Å². The number of ether oxygens (including phenoxy) is 2. The summed E-state index contributed by atoms with van der Waals surface area (Å²) in [5.74, 6) is -2.06. The number of hydrogen-bond acceptors (Lipinski definition) is 7. The van der Waals surface area contributed by atoms with Crippen LogP contribution in [0.15, 0.2) is 54.1 Å². The highest BCUT2D eigenvalue weighted by Gasteiger charge is 2.46. The molecular formula is C26H28N2O6. The minimum atomic E-state index is -0.769. The van der Waals surface area contributed by atoms with Gasteiger partial charge in [-0.15, -0.1) is 0 Å². The summed E-state index contributed by atoms with van der Waals surface area (Å²) >= 11 is 0. The van der Waals surface area contributed by atoms with Crippen molar-refractivity contribution in [3.8, 4) is 0 Å². The molecule has 0 bridgehead atoms. The van der Waals surface area contributed by atoms with E-state index in [0.29, 0.717) is 43.0 Å². The number of ketones is 1. The van der Waals surface area contributed by atoms with Crippen LogP contribution in [0.5, 0.6) is 0 Å². The molecule has 1 atom stereocenters. The molecule has 178 valence electrons. The van der Waals surface area contributed by atoms with E-state index in [1.165, 1.54) is 12.0 Å². The first-order valence-electron chi connectivity index (χ1n) is 11.2. The number of rotatable bonds is 6. The summed E-state index contributed by atoms with van der Waals surface area (Å²) in [6.45, 7) is 5.60. The molecule has 2 saturated heterocycles. The maximum absolute atomic E-state index is 13.1. The normalized spacial score (nSPS) is 20.5. The van der Waals surface area contributed by atoms with Crippen molar-refractivity contribution in [1.82, 2.24) is 9.80 Å². The van der Waals surface area contributed by atoms with Gasteiger partial charge in [0.2, 0.25) is 0 Å². The molecule has 1 amide bonds. The molecule has 2 fully saturated rings. The standard InChI is InChI=1S/C26H28N2O6/c1-17-3-5-19(6-4-17)23(29)21-22(18-7-9-20(10-8-18)26(32)33-2)28(25(31)24(21)30)12-11-27-13-15-34-16-14-27/h3-10,22,29H,11-16H2,1-2H3/b23-21-. The molecule has 1 N–H and O–H groups in total. The lowest BCUT2D eigenvalue weighted by atomic mass is 9.94. The number of benzene rings is 2. The molecule has 2 aromatic carbocycles. The van der Waals surface area contributed by atoms with Crippen LogP contribution in [0.4, 0.5) is 0 Å². The molecule has 2 heterocycles. The number of likely N-dealkylation sites (tertiary alicyclic amines) is 1. The molecule has 0 spiro atoms. The molecule has 1 unspecified atom stereocenters. The summed E-state index contributed by atoms with van der Waals surface area (Å²) in [5.41, 5.74) is 2.50. The molecule has 0 aliphatic carbocycles. The quantitative estimate of drug-likeness (QED) is 0.304. The van der Waals surface area contributed by atoms with Crippen molar-refractivity contribution in [3.05, 3.63) is 76.4 Å². The van der Waals surface area contributed by atoms with Gasteiger partial charge in [0.25, 0.3) is 11.7 Å². The molecule has 0 saturated carbocycles. The maximum atomic E-state index is 13.1.